The first-order valence-corrected chi connectivity index (χ1v) is 12.1. The predicted molar refractivity (Wildman–Crippen MR) is 145 cm³/mol. The van der Waals surface area contributed by atoms with Crippen LogP contribution in [-0.2, 0) is 31.2 Å². The fraction of sp³-hybridized carbons (Fsp3) is 0.792. The van der Waals surface area contributed by atoms with E-state index < -0.39 is 5.60 Å². The van der Waals surface area contributed by atoms with E-state index in [9.17, 15) is 4.79 Å². The number of carbonyl (C=O) groups is 1. The predicted octanol–water partition coefficient (Wildman–Crippen LogP) is 4.21. The first-order valence-electron chi connectivity index (χ1n) is 12.1. The Hall–Kier alpha value is -1.52. The molecule has 1 amide bonds. The van der Waals surface area contributed by atoms with Crippen LogP contribution in [0.5, 0.6) is 0 Å². The lowest BCUT2D eigenvalue weighted by atomic mass is 9.96. The van der Waals surface area contributed by atoms with E-state index in [1.807, 2.05) is 51.4 Å². The van der Waals surface area contributed by atoms with Crippen molar-refractivity contribution in [2.45, 2.75) is 79.4 Å². The second kappa shape index (κ2) is 13.4. The molecule has 8 nitrogen and oxygen atoms in total. The van der Waals surface area contributed by atoms with Gasteiger partial charge in [-0.3, -0.25) is 9.67 Å². The summed E-state index contributed by atoms with van der Waals surface area (Å²) >= 11 is 0. The summed E-state index contributed by atoms with van der Waals surface area (Å²) in [5.74, 6) is 1.42. The van der Waals surface area contributed by atoms with Gasteiger partial charge in [0.05, 0.1) is 5.69 Å². The average molecular weight is 577 g/mol. The Balaban J connectivity index is 0.00000544. The number of halogens is 1. The number of hydrogen-bond donors (Lipinski definition) is 1. The molecule has 2 rings (SSSR count). The van der Waals surface area contributed by atoms with Gasteiger partial charge in [0.2, 0.25) is 0 Å². The van der Waals surface area contributed by atoms with Crippen LogP contribution in [0, 0.1) is 5.92 Å². The molecule has 1 N–H and O–H groups in total. The number of aryl methyl sites for hydroxylation is 2. The SMILES string of the molecule is CCc1nn(C)c(CC)c1CNC(=NC)N1CCC(CN(CC)C(=O)OC(C)(C)C)CC1.I. The highest BCUT2D eigenvalue weighted by molar-refractivity contribution is 14.0. The summed E-state index contributed by atoms with van der Waals surface area (Å²) in [7, 11) is 3.87. The van der Waals surface area contributed by atoms with Crippen molar-refractivity contribution in [3.8, 4) is 0 Å². The summed E-state index contributed by atoms with van der Waals surface area (Å²) in [5, 5.41) is 8.25. The molecule has 1 fully saturated rings. The van der Waals surface area contributed by atoms with E-state index in [1.165, 1.54) is 11.3 Å². The van der Waals surface area contributed by atoms with E-state index in [0.717, 1.165) is 63.5 Å². The van der Waals surface area contributed by atoms with Crippen molar-refractivity contribution in [3.05, 3.63) is 17.0 Å². The quantitative estimate of drug-likeness (QED) is 0.299. The maximum atomic E-state index is 12.5. The van der Waals surface area contributed by atoms with E-state index in [0.29, 0.717) is 12.5 Å². The number of hydrogen-bond acceptors (Lipinski definition) is 4. The maximum absolute atomic E-state index is 12.5. The Labute approximate surface area is 217 Å². The summed E-state index contributed by atoms with van der Waals surface area (Å²) in [6.45, 7) is 16.1. The van der Waals surface area contributed by atoms with E-state index in [4.69, 9.17) is 4.74 Å². The first kappa shape index (κ1) is 29.5. The van der Waals surface area contributed by atoms with Crippen molar-refractivity contribution in [1.29, 1.82) is 0 Å². The molecule has 1 aliphatic heterocycles. The molecular weight excluding hydrogens is 531 g/mol. The van der Waals surface area contributed by atoms with Gasteiger partial charge in [0, 0.05) is 58.1 Å². The largest absolute Gasteiger partial charge is 0.444 e. The molecule has 0 unspecified atom stereocenters. The lowest BCUT2D eigenvalue weighted by Crippen LogP contribution is -2.47. The fourth-order valence-electron chi connectivity index (χ4n) is 4.39. The second-order valence-electron chi connectivity index (χ2n) is 9.55. The number of guanidine groups is 1. The maximum Gasteiger partial charge on any atom is 0.410 e. The molecule has 0 aliphatic carbocycles. The van der Waals surface area contributed by atoms with Gasteiger partial charge in [-0.25, -0.2) is 4.79 Å². The number of nitrogens with one attached hydrogen (secondary N) is 1. The molecule has 1 aromatic rings. The van der Waals surface area contributed by atoms with E-state index in [1.54, 1.807) is 0 Å². The molecule has 1 aromatic heterocycles. The van der Waals surface area contributed by atoms with Gasteiger partial charge < -0.3 is 19.9 Å². The normalized spacial score (nSPS) is 15.3. The molecular formula is C24H45IN6O2. The number of carbonyl (C=O) groups excluding carboxylic acids is 1. The topological polar surface area (TPSA) is 75.0 Å². The van der Waals surface area contributed by atoms with Crippen molar-refractivity contribution in [2.75, 3.05) is 33.2 Å². The zero-order chi connectivity index (χ0) is 23.9. The van der Waals surface area contributed by atoms with Crippen molar-refractivity contribution in [1.82, 2.24) is 24.9 Å². The molecule has 33 heavy (non-hydrogen) atoms. The summed E-state index contributed by atoms with van der Waals surface area (Å²) in [6.07, 6.45) is 3.76. The summed E-state index contributed by atoms with van der Waals surface area (Å²) in [6, 6.07) is 0. The molecule has 0 radical (unpaired) electrons. The third-order valence-electron chi connectivity index (χ3n) is 6.09. The first-order chi connectivity index (χ1) is 15.1. The Bertz CT molecular complexity index is 779. The summed E-state index contributed by atoms with van der Waals surface area (Å²) in [4.78, 5) is 21.2. The smallest absolute Gasteiger partial charge is 0.410 e. The van der Waals surface area contributed by atoms with Crippen LogP contribution in [0.15, 0.2) is 4.99 Å². The van der Waals surface area contributed by atoms with Crippen molar-refractivity contribution < 1.29 is 9.53 Å². The summed E-state index contributed by atoms with van der Waals surface area (Å²) < 4.78 is 7.57. The van der Waals surface area contributed by atoms with Gasteiger partial charge in [0.15, 0.2) is 5.96 Å². The Morgan fingerprint density at radius 2 is 1.85 bits per heavy atom. The van der Waals surface area contributed by atoms with Crippen LogP contribution < -0.4 is 5.32 Å². The third-order valence-corrected chi connectivity index (χ3v) is 6.09. The van der Waals surface area contributed by atoms with Gasteiger partial charge in [-0.15, -0.1) is 24.0 Å². The molecule has 9 heteroatoms. The number of rotatable bonds is 7. The number of piperidine rings is 1. The molecule has 0 aromatic carbocycles. The minimum atomic E-state index is -0.463. The molecule has 0 atom stereocenters. The second-order valence-corrected chi connectivity index (χ2v) is 9.55. The van der Waals surface area contributed by atoms with Crippen LogP contribution in [0.25, 0.3) is 0 Å². The minimum Gasteiger partial charge on any atom is -0.444 e. The lowest BCUT2D eigenvalue weighted by molar-refractivity contribution is 0.0214. The van der Waals surface area contributed by atoms with Gasteiger partial charge in [0.25, 0.3) is 0 Å². The molecule has 1 aliphatic rings. The number of aromatic nitrogens is 2. The van der Waals surface area contributed by atoms with E-state index in [2.05, 4.69) is 34.2 Å². The molecule has 2 heterocycles. The fourth-order valence-corrected chi connectivity index (χ4v) is 4.39. The number of nitrogens with zero attached hydrogens (tertiary/aromatic N) is 5. The minimum absolute atomic E-state index is 0. The van der Waals surface area contributed by atoms with Crippen molar-refractivity contribution >= 4 is 36.0 Å². The molecule has 1 saturated heterocycles. The van der Waals surface area contributed by atoms with Gasteiger partial charge in [-0.2, -0.15) is 5.10 Å². The molecule has 0 spiro atoms. The zero-order valence-corrected chi connectivity index (χ0v) is 24.2. The van der Waals surface area contributed by atoms with Crippen LogP contribution >= 0.6 is 24.0 Å². The van der Waals surface area contributed by atoms with Crippen molar-refractivity contribution in [2.24, 2.45) is 18.0 Å². The van der Waals surface area contributed by atoms with E-state index >= 15 is 0 Å². The van der Waals surface area contributed by atoms with Crippen LogP contribution in [0.2, 0.25) is 0 Å². The summed E-state index contributed by atoms with van der Waals surface area (Å²) in [5.41, 5.74) is 3.28. The standard InChI is InChI=1S/C24H44N6O2.HI/c1-9-20-19(21(10-2)28(8)27-20)16-26-22(25-7)30-14-12-18(13-15-30)17-29(11-3)23(31)32-24(4,5)6;/h18H,9-17H2,1-8H3,(H,25,26);1H. The van der Waals surface area contributed by atoms with Gasteiger partial charge in [0.1, 0.15) is 5.60 Å². The third kappa shape index (κ3) is 8.33. The Morgan fingerprint density at radius 3 is 2.33 bits per heavy atom. The molecule has 0 saturated carbocycles. The average Bonchev–Trinajstić information content (AvgIpc) is 3.06. The number of likely N-dealkylation sites (tertiary alicyclic amines) is 1. The van der Waals surface area contributed by atoms with Gasteiger partial charge in [-0.1, -0.05) is 13.8 Å². The number of aliphatic imine (C=N–C) groups is 1. The highest BCUT2D eigenvalue weighted by atomic mass is 127. The van der Waals surface area contributed by atoms with Gasteiger partial charge in [-0.05, 0) is 59.3 Å². The van der Waals surface area contributed by atoms with Crippen LogP contribution in [0.3, 0.4) is 0 Å². The highest BCUT2D eigenvalue weighted by Gasteiger charge is 2.27. The molecule has 0 bridgehead atoms. The van der Waals surface area contributed by atoms with Crippen LogP contribution in [-0.4, -0.2) is 70.5 Å². The zero-order valence-electron chi connectivity index (χ0n) is 21.9. The highest BCUT2D eigenvalue weighted by Crippen LogP contribution is 2.21. The van der Waals surface area contributed by atoms with E-state index in [-0.39, 0.29) is 30.1 Å². The van der Waals surface area contributed by atoms with Gasteiger partial charge >= 0.3 is 6.09 Å². The molecule has 190 valence electrons. The monoisotopic (exact) mass is 576 g/mol. The number of amides is 1. The van der Waals surface area contributed by atoms with Crippen molar-refractivity contribution in [3.63, 3.8) is 0 Å². The number of ether oxygens (including phenoxy) is 1. The van der Waals surface area contributed by atoms with Crippen LogP contribution in [0.1, 0.15) is 71.3 Å². The Morgan fingerprint density at radius 1 is 1.21 bits per heavy atom. The lowest BCUT2D eigenvalue weighted by Gasteiger charge is -2.36. The van der Waals surface area contributed by atoms with Crippen LogP contribution in [0.4, 0.5) is 4.79 Å². The Kier molecular flexibility index (Phi) is 12.0.